The van der Waals surface area contributed by atoms with E-state index in [1.807, 2.05) is 49.4 Å². The van der Waals surface area contributed by atoms with Gasteiger partial charge in [0.25, 0.3) is 5.91 Å². The molecule has 1 N–H and O–H groups in total. The Labute approximate surface area is 157 Å². The summed E-state index contributed by atoms with van der Waals surface area (Å²) in [5.41, 5.74) is 1.92. The summed E-state index contributed by atoms with van der Waals surface area (Å²) in [6.07, 6.45) is 0. The second-order valence-electron chi connectivity index (χ2n) is 6.11. The number of aromatic nitrogens is 1. The van der Waals surface area contributed by atoms with Gasteiger partial charge in [-0.2, -0.15) is 0 Å². The van der Waals surface area contributed by atoms with Crippen LogP contribution in [-0.4, -0.2) is 24.1 Å². The molecule has 1 amide bonds. The molecule has 0 fully saturated rings. The van der Waals surface area contributed by atoms with E-state index in [2.05, 4.69) is 24.1 Å². The van der Waals surface area contributed by atoms with Crippen LogP contribution in [0.1, 0.15) is 32.3 Å². The Bertz CT molecular complexity index is 905. The van der Waals surface area contributed by atoms with Gasteiger partial charge in [-0.15, -0.1) is 0 Å². The number of hydrogen-bond donors (Lipinski definition) is 1. The van der Waals surface area contributed by atoms with Crippen molar-refractivity contribution in [2.75, 3.05) is 18.5 Å². The van der Waals surface area contributed by atoms with Crippen molar-refractivity contribution >= 4 is 32.6 Å². The van der Waals surface area contributed by atoms with Crippen LogP contribution in [-0.2, 0) is 4.79 Å². The van der Waals surface area contributed by atoms with Gasteiger partial charge in [0.15, 0.2) is 11.7 Å². The van der Waals surface area contributed by atoms with Crippen LogP contribution in [0, 0.1) is 0 Å². The van der Waals surface area contributed by atoms with Crippen LogP contribution < -0.4 is 14.8 Å². The van der Waals surface area contributed by atoms with Crippen molar-refractivity contribution < 1.29 is 14.3 Å². The van der Waals surface area contributed by atoms with Crippen LogP contribution >= 0.6 is 11.3 Å². The lowest BCUT2D eigenvalue weighted by Crippen LogP contribution is -2.20. The van der Waals surface area contributed by atoms with Gasteiger partial charge in [-0.1, -0.05) is 43.4 Å². The van der Waals surface area contributed by atoms with Crippen LogP contribution in [0.5, 0.6) is 11.5 Å². The number of rotatable bonds is 7. The van der Waals surface area contributed by atoms with E-state index in [-0.39, 0.29) is 12.5 Å². The summed E-state index contributed by atoms with van der Waals surface area (Å²) in [7, 11) is 0. The molecule has 0 saturated carbocycles. The number of hydrogen-bond acceptors (Lipinski definition) is 5. The number of ether oxygens (including phenoxy) is 2. The van der Waals surface area contributed by atoms with E-state index in [1.165, 1.54) is 11.3 Å². The van der Waals surface area contributed by atoms with Crippen molar-refractivity contribution in [3.05, 3.63) is 48.0 Å². The average Bonchev–Trinajstić information content (AvgIpc) is 3.01. The first-order valence-electron chi connectivity index (χ1n) is 8.61. The van der Waals surface area contributed by atoms with Crippen LogP contribution in [0.4, 0.5) is 5.13 Å². The summed E-state index contributed by atoms with van der Waals surface area (Å²) in [6.45, 7) is 6.70. The summed E-state index contributed by atoms with van der Waals surface area (Å²) < 4.78 is 12.2. The lowest BCUT2D eigenvalue weighted by Gasteiger charge is -2.13. The molecule has 0 radical (unpaired) electrons. The van der Waals surface area contributed by atoms with Gasteiger partial charge < -0.3 is 9.47 Å². The van der Waals surface area contributed by atoms with E-state index in [4.69, 9.17) is 9.47 Å². The summed E-state index contributed by atoms with van der Waals surface area (Å²) >= 11 is 1.42. The Hall–Kier alpha value is -2.60. The quantitative estimate of drug-likeness (QED) is 0.647. The van der Waals surface area contributed by atoms with E-state index in [1.54, 1.807) is 0 Å². The van der Waals surface area contributed by atoms with Gasteiger partial charge in [0, 0.05) is 0 Å². The lowest BCUT2D eigenvalue weighted by atomic mass is 10.0. The summed E-state index contributed by atoms with van der Waals surface area (Å²) in [5, 5.41) is 3.36. The van der Waals surface area contributed by atoms with Gasteiger partial charge in [-0.3, -0.25) is 10.1 Å². The smallest absolute Gasteiger partial charge is 0.264 e. The molecule has 3 rings (SSSR count). The highest BCUT2D eigenvalue weighted by atomic mass is 32.1. The zero-order valence-corrected chi connectivity index (χ0v) is 15.9. The van der Waals surface area contributed by atoms with E-state index < -0.39 is 0 Å². The molecule has 0 saturated heterocycles. The van der Waals surface area contributed by atoms with Crippen LogP contribution in [0.2, 0.25) is 0 Å². The molecule has 1 aromatic heterocycles. The van der Waals surface area contributed by atoms with Crippen molar-refractivity contribution in [2.45, 2.75) is 26.7 Å². The minimum absolute atomic E-state index is 0.0517. The largest absolute Gasteiger partial charge is 0.494 e. The average molecular weight is 370 g/mol. The molecular weight excluding hydrogens is 348 g/mol. The molecule has 0 atom stereocenters. The second-order valence-corrected chi connectivity index (χ2v) is 7.14. The molecular formula is C20H22N2O3S. The Kier molecular flexibility index (Phi) is 5.73. The monoisotopic (exact) mass is 370 g/mol. The van der Waals surface area contributed by atoms with Crippen molar-refractivity contribution in [1.29, 1.82) is 0 Å². The zero-order valence-electron chi connectivity index (χ0n) is 15.1. The summed E-state index contributed by atoms with van der Waals surface area (Å²) in [5.74, 6) is 1.64. The van der Waals surface area contributed by atoms with Crippen LogP contribution in [0.3, 0.4) is 0 Å². The Morgan fingerprint density at radius 1 is 1.19 bits per heavy atom. The normalized spacial score (nSPS) is 10.9. The number of nitrogens with zero attached hydrogens (tertiary/aromatic N) is 1. The second kappa shape index (κ2) is 8.19. The Balaban J connectivity index is 1.64. The van der Waals surface area contributed by atoms with Gasteiger partial charge in [0.1, 0.15) is 11.5 Å². The number of carbonyl (C=O) groups is 1. The number of thiazole rings is 1. The van der Waals surface area contributed by atoms with E-state index in [0.29, 0.717) is 17.7 Å². The van der Waals surface area contributed by atoms with Crippen molar-refractivity contribution in [3.63, 3.8) is 0 Å². The first-order valence-corrected chi connectivity index (χ1v) is 9.43. The van der Waals surface area contributed by atoms with E-state index >= 15 is 0 Å². The highest BCUT2D eigenvalue weighted by Crippen LogP contribution is 2.29. The SMILES string of the molecule is CCOc1ccc2nc(NC(=O)COc3ccccc3C(C)C)sc2c1. The first-order chi connectivity index (χ1) is 12.6. The molecule has 5 nitrogen and oxygen atoms in total. The molecule has 0 bridgehead atoms. The standard InChI is InChI=1S/C20H22N2O3S/c1-4-24-14-9-10-16-18(11-14)26-20(21-16)22-19(23)12-25-17-8-6-5-7-15(17)13(2)3/h5-11,13H,4,12H2,1-3H3,(H,21,22,23). The number of amides is 1. The molecule has 0 unspecified atom stereocenters. The topological polar surface area (TPSA) is 60.5 Å². The third kappa shape index (κ3) is 4.32. The molecule has 0 spiro atoms. The van der Waals surface area contributed by atoms with Crippen LogP contribution in [0.25, 0.3) is 10.2 Å². The summed E-state index contributed by atoms with van der Waals surface area (Å²) in [4.78, 5) is 16.6. The number of benzene rings is 2. The minimum atomic E-state index is -0.229. The third-order valence-corrected chi connectivity index (χ3v) is 4.75. The zero-order chi connectivity index (χ0) is 18.5. The Morgan fingerprint density at radius 3 is 2.77 bits per heavy atom. The van der Waals surface area contributed by atoms with Crippen molar-refractivity contribution in [3.8, 4) is 11.5 Å². The molecule has 1 heterocycles. The van der Waals surface area contributed by atoms with Gasteiger partial charge in [0.05, 0.1) is 16.8 Å². The van der Waals surface area contributed by atoms with E-state index in [9.17, 15) is 4.79 Å². The number of nitrogens with one attached hydrogen (secondary N) is 1. The molecule has 136 valence electrons. The molecule has 0 aliphatic carbocycles. The molecule has 26 heavy (non-hydrogen) atoms. The molecule has 3 aromatic rings. The highest BCUT2D eigenvalue weighted by Gasteiger charge is 2.12. The predicted octanol–water partition coefficient (Wildman–Crippen LogP) is 4.84. The first kappa shape index (κ1) is 18.2. The molecule has 6 heteroatoms. The lowest BCUT2D eigenvalue weighted by molar-refractivity contribution is -0.118. The van der Waals surface area contributed by atoms with E-state index in [0.717, 1.165) is 27.3 Å². The number of fused-ring (bicyclic) bond motifs is 1. The van der Waals surface area contributed by atoms with Crippen molar-refractivity contribution in [1.82, 2.24) is 4.98 Å². The fourth-order valence-electron chi connectivity index (χ4n) is 2.60. The maximum absolute atomic E-state index is 12.2. The van der Waals surface area contributed by atoms with Gasteiger partial charge in [-0.05, 0) is 42.7 Å². The maximum atomic E-state index is 12.2. The molecule has 2 aromatic carbocycles. The van der Waals surface area contributed by atoms with Crippen LogP contribution in [0.15, 0.2) is 42.5 Å². The number of carbonyl (C=O) groups excluding carboxylic acids is 1. The molecule has 0 aliphatic heterocycles. The number of anilines is 1. The number of para-hydroxylation sites is 1. The van der Waals surface area contributed by atoms with Gasteiger partial charge >= 0.3 is 0 Å². The summed E-state index contributed by atoms with van der Waals surface area (Å²) in [6, 6.07) is 13.5. The fraction of sp³-hybridized carbons (Fsp3) is 0.300. The maximum Gasteiger partial charge on any atom is 0.264 e. The van der Waals surface area contributed by atoms with Crippen molar-refractivity contribution in [2.24, 2.45) is 0 Å². The minimum Gasteiger partial charge on any atom is -0.494 e. The third-order valence-electron chi connectivity index (χ3n) is 3.82. The predicted molar refractivity (Wildman–Crippen MR) is 105 cm³/mol. The fourth-order valence-corrected chi connectivity index (χ4v) is 3.51. The van der Waals surface area contributed by atoms with Gasteiger partial charge in [-0.25, -0.2) is 4.98 Å². The van der Waals surface area contributed by atoms with Gasteiger partial charge in [0.2, 0.25) is 0 Å². The highest BCUT2D eigenvalue weighted by molar-refractivity contribution is 7.22. The Morgan fingerprint density at radius 2 is 2.00 bits per heavy atom. The molecule has 0 aliphatic rings.